The summed E-state index contributed by atoms with van der Waals surface area (Å²) >= 11 is 0. The van der Waals surface area contributed by atoms with Crippen molar-refractivity contribution in [3.05, 3.63) is 66.5 Å². The summed E-state index contributed by atoms with van der Waals surface area (Å²) in [5, 5.41) is 0. The Morgan fingerprint density at radius 2 is 1.37 bits per heavy atom. The van der Waals surface area contributed by atoms with Crippen LogP contribution in [0.25, 0.3) is 0 Å². The molecule has 0 N–H and O–H groups in total. The monoisotopic (exact) mass is 254 g/mol. The van der Waals surface area contributed by atoms with Gasteiger partial charge in [-0.3, -0.25) is 9.78 Å². The number of rotatable bonds is 1. The topological polar surface area (TPSA) is 33.2 Å². The molecule has 3 rings (SSSR count). The molecule has 1 aliphatic heterocycles. The van der Waals surface area contributed by atoms with Gasteiger partial charge in [0.05, 0.1) is 0 Å². The minimum Gasteiger partial charge on any atom is -0.339 e. The number of aromatic nitrogens is 1. The van der Waals surface area contributed by atoms with Crippen LogP contribution in [0.1, 0.15) is 23.2 Å². The molecule has 3 heteroatoms. The average molecular weight is 254 g/mol. The smallest absolute Gasteiger partial charge is 0.253 e. The number of carbonyl (C=O) groups excluding carboxylic acids is 1. The lowest BCUT2D eigenvalue weighted by Crippen LogP contribution is -2.27. The molecule has 0 radical (unpaired) electrons. The van der Waals surface area contributed by atoms with Crippen LogP contribution in [0.4, 0.5) is 0 Å². The van der Waals surface area contributed by atoms with Crippen molar-refractivity contribution in [3.8, 4) is 0 Å². The minimum absolute atomic E-state index is 0.139. The molecule has 2 heterocycles. The third-order valence-corrected chi connectivity index (χ3v) is 2.99. The van der Waals surface area contributed by atoms with Crippen molar-refractivity contribution >= 4 is 5.91 Å². The molecule has 1 aromatic heterocycles. The van der Waals surface area contributed by atoms with Gasteiger partial charge in [0, 0.05) is 31.0 Å². The standard InChI is InChI=1S/C10H12N2O.C6H6/c13-10(12-7-1-2-8-12)9-3-5-11-6-4-9;1-2-4-6-5-3-1/h3-6H,1-2,7-8H2;1-6H. The Balaban J connectivity index is 0.000000186. The first-order chi connectivity index (χ1) is 9.38. The van der Waals surface area contributed by atoms with Gasteiger partial charge in [0.25, 0.3) is 5.91 Å². The molecule has 0 saturated carbocycles. The van der Waals surface area contributed by atoms with Gasteiger partial charge < -0.3 is 4.90 Å². The summed E-state index contributed by atoms with van der Waals surface area (Å²) < 4.78 is 0. The molecule has 0 unspecified atom stereocenters. The molecule has 0 bridgehead atoms. The van der Waals surface area contributed by atoms with E-state index in [-0.39, 0.29) is 5.91 Å². The van der Waals surface area contributed by atoms with E-state index in [1.165, 1.54) is 0 Å². The van der Waals surface area contributed by atoms with Crippen LogP contribution in [-0.4, -0.2) is 28.9 Å². The van der Waals surface area contributed by atoms with E-state index in [2.05, 4.69) is 4.98 Å². The van der Waals surface area contributed by atoms with Crippen LogP contribution in [0.2, 0.25) is 0 Å². The highest BCUT2D eigenvalue weighted by Crippen LogP contribution is 2.11. The molecule has 0 atom stereocenters. The van der Waals surface area contributed by atoms with Gasteiger partial charge in [-0.05, 0) is 25.0 Å². The van der Waals surface area contributed by atoms with Crippen LogP contribution in [0.3, 0.4) is 0 Å². The zero-order chi connectivity index (χ0) is 13.3. The number of nitrogens with zero attached hydrogens (tertiary/aromatic N) is 2. The number of amides is 1. The highest BCUT2D eigenvalue weighted by atomic mass is 16.2. The number of likely N-dealkylation sites (tertiary alicyclic amines) is 1. The molecule has 19 heavy (non-hydrogen) atoms. The molecule has 0 aliphatic carbocycles. The van der Waals surface area contributed by atoms with Crippen molar-refractivity contribution in [3.63, 3.8) is 0 Å². The number of hydrogen-bond donors (Lipinski definition) is 0. The van der Waals surface area contributed by atoms with E-state index in [1.54, 1.807) is 24.5 Å². The molecule has 1 saturated heterocycles. The Morgan fingerprint density at radius 3 is 1.84 bits per heavy atom. The normalized spacial score (nSPS) is 13.6. The van der Waals surface area contributed by atoms with Gasteiger partial charge in [-0.15, -0.1) is 0 Å². The van der Waals surface area contributed by atoms with Gasteiger partial charge in [0.1, 0.15) is 0 Å². The van der Waals surface area contributed by atoms with Gasteiger partial charge in [-0.25, -0.2) is 0 Å². The Kier molecular flexibility index (Phi) is 5.11. The first kappa shape index (κ1) is 13.3. The zero-order valence-corrected chi connectivity index (χ0v) is 10.9. The lowest BCUT2D eigenvalue weighted by Gasteiger charge is -2.14. The summed E-state index contributed by atoms with van der Waals surface area (Å²) in [6.45, 7) is 1.81. The molecule has 1 aromatic carbocycles. The van der Waals surface area contributed by atoms with E-state index in [1.807, 2.05) is 41.3 Å². The van der Waals surface area contributed by atoms with Crippen LogP contribution in [0.15, 0.2) is 60.9 Å². The van der Waals surface area contributed by atoms with Crippen LogP contribution in [0.5, 0.6) is 0 Å². The predicted octanol–water partition coefficient (Wildman–Crippen LogP) is 3.00. The SMILES string of the molecule is O=C(c1ccncc1)N1CCCC1.c1ccccc1. The van der Waals surface area contributed by atoms with Crippen molar-refractivity contribution in [2.45, 2.75) is 12.8 Å². The van der Waals surface area contributed by atoms with Crippen molar-refractivity contribution in [2.24, 2.45) is 0 Å². The van der Waals surface area contributed by atoms with Gasteiger partial charge >= 0.3 is 0 Å². The minimum atomic E-state index is 0.139. The van der Waals surface area contributed by atoms with Crippen molar-refractivity contribution in [2.75, 3.05) is 13.1 Å². The molecule has 0 spiro atoms. The summed E-state index contributed by atoms with van der Waals surface area (Å²) in [5.41, 5.74) is 0.747. The van der Waals surface area contributed by atoms with E-state index in [0.717, 1.165) is 31.5 Å². The van der Waals surface area contributed by atoms with Crippen molar-refractivity contribution in [1.29, 1.82) is 0 Å². The van der Waals surface area contributed by atoms with Crippen LogP contribution in [0, 0.1) is 0 Å². The number of carbonyl (C=O) groups is 1. The summed E-state index contributed by atoms with van der Waals surface area (Å²) in [4.78, 5) is 17.5. The van der Waals surface area contributed by atoms with Crippen LogP contribution >= 0.6 is 0 Å². The Labute approximate surface area is 113 Å². The van der Waals surface area contributed by atoms with E-state index in [4.69, 9.17) is 0 Å². The molecule has 98 valence electrons. The molecule has 1 aliphatic rings. The average Bonchev–Trinajstić information content (AvgIpc) is 3.04. The summed E-state index contributed by atoms with van der Waals surface area (Å²) in [7, 11) is 0. The van der Waals surface area contributed by atoms with Crippen molar-refractivity contribution < 1.29 is 4.79 Å². The fourth-order valence-electron chi connectivity index (χ4n) is 1.98. The second-order valence-electron chi connectivity index (χ2n) is 4.39. The first-order valence-corrected chi connectivity index (χ1v) is 6.57. The van der Waals surface area contributed by atoms with Gasteiger partial charge in [0.2, 0.25) is 0 Å². The summed E-state index contributed by atoms with van der Waals surface area (Å²) in [5.74, 6) is 0.139. The number of benzene rings is 1. The van der Waals surface area contributed by atoms with E-state index >= 15 is 0 Å². The molecule has 3 nitrogen and oxygen atoms in total. The Hall–Kier alpha value is -2.16. The highest BCUT2D eigenvalue weighted by Gasteiger charge is 2.18. The molecular formula is C16H18N2O. The lowest BCUT2D eigenvalue weighted by atomic mass is 10.2. The zero-order valence-electron chi connectivity index (χ0n) is 10.9. The fraction of sp³-hybridized carbons (Fsp3) is 0.250. The van der Waals surface area contributed by atoms with Crippen LogP contribution < -0.4 is 0 Å². The van der Waals surface area contributed by atoms with E-state index < -0.39 is 0 Å². The molecule has 1 amide bonds. The van der Waals surface area contributed by atoms with Crippen LogP contribution in [-0.2, 0) is 0 Å². The predicted molar refractivity (Wildman–Crippen MR) is 75.8 cm³/mol. The first-order valence-electron chi connectivity index (χ1n) is 6.57. The molecule has 2 aromatic rings. The fourth-order valence-corrected chi connectivity index (χ4v) is 1.98. The lowest BCUT2D eigenvalue weighted by molar-refractivity contribution is 0.0792. The second-order valence-corrected chi connectivity index (χ2v) is 4.39. The molecule has 1 fully saturated rings. The molecular weight excluding hydrogens is 236 g/mol. The Bertz CT molecular complexity index is 452. The highest BCUT2D eigenvalue weighted by molar-refractivity contribution is 5.94. The largest absolute Gasteiger partial charge is 0.339 e. The maximum absolute atomic E-state index is 11.7. The summed E-state index contributed by atoms with van der Waals surface area (Å²) in [6.07, 6.45) is 5.58. The third-order valence-electron chi connectivity index (χ3n) is 2.99. The summed E-state index contributed by atoms with van der Waals surface area (Å²) in [6, 6.07) is 15.5. The van der Waals surface area contributed by atoms with Gasteiger partial charge in [-0.2, -0.15) is 0 Å². The quantitative estimate of drug-likeness (QED) is 0.783. The van der Waals surface area contributed by atoms with Gasteiger partial charge in [-0.1, -0.05) is 36.4 Å². The second kappa shape index (κ2) is 7.31. The maximum Gasteiger partial charge on any atom is 0.253 e. The Morgan fingerprint density at radius 1 is 0.895 bits per heavy atom. The van der Waals surface area contributed by atoms with Gasteiger partial charge in [0.15, 0.2) is 0 Å². The van der Waals surface area contributed by atoms with Crippen molar-refractivity contribution in [1.82, 2.24) is 9.88 Å². The number of hydrogen-bond acceptors (Lipinski definition) is 2. The van der Waals surface area contributed by atoms with E-state index in [9.17, 15) is 4.79 Å². The van der Waals surface area contributed by atoms with E-state index in [0.29, 0.717) is 0 Å². The third kappa shape index (κ3) is 4.21. The maximum atomic E-state index is 11.7. The number of pyridine rings is 1.